The molecule has 0 N–H and O–H groups in total. The molecule has 8 fully saturated rings. The number of ether oxygens (including phenoxy) is 9. The summed E-state index contributed by atoms with van der Waals surface area (Å²) in [7, 11) is 1.30. The highest BCUT2D eigenvalue weighted by Crippen LogP contribution is 2.90. The van der Waals surface area contributed by atoms with Gasteiger partial charge in [-0.1, -0.05) is 20.8 Å². The Morgan fingerprint density at radius 3 is 2.21 bits per heavy atom. The summed E-state index contributed by atoms with van der Waals surface area (Å²) in [5.74, 6) is -6.67. The Balaban J connectivity index is 1.38. The second kappa shape index (κ2) is 10.0. The van der Waals surface area contributed by atoms with E-state index in [9.17, 15) is 24.0 Å². The molecule has 9 rings (SSSR count). The molecule has 4 aliphatic heterocycles. The van der Waals surface area contributed by atoms with Gasteiger partial charge in [-0.25, -0.2) is 4.79 Å². The molecule has 4 aliphatic carbocycles. The maximum atomic E-state index is 14.2. The average molecular weight is 743 g/mol. The first-order chi connectivity index (χ1) is 24.7. The standard InChI is InChI=1S/C38H46O15/c1-18-32(6,49-18)29(43)48-27-31(5)17-36-33(7,22(31)14-24(41)44-9)35-12-11-30(4)23(15-25(42)47-26(30)21-10-13-45-16-21)37(35,53-34(8,51-35)52-36)28(46-19(2)39)38(27,36)50-20(3)40/h10,13,16,18,22-23,26-28H,11-12,14-15,17H2,1-9H3/t18-,22+,23-,26+,27+,28+,30-,31+,32+,33+,34?,35+,36-,37-,38+/m1/s1. The molecular weight excluding hydrogens is 696 g/mol. The number of fused-ring (bicyclic) bond motifs is 3. The average Bonchev–Trinajstić information content (AvgIpc) is 3.40. The maximum absolute atomic E-state index is 14.2. The van der Waals surface area contributed by atoms with Gasteiger partial charge in [0.15, 0.2) is 17.8 Å². The Morgan fingerprint density at radius 1 is 0.906 bits per heavy atom. The minimum Gasteiger partial charge on any atom is -0.472 e. The first-order valence-electron chi connectivity index (χ1n) is 18.3. The molecule has 1 aromatic rings. The molecule has 53 heavy (non-hydrogen) atoms. The van der Waals surface area contributed by atoms with E-state index in [1.807, 2.05) is 20.8 Å². The lowest BCUT2D eigenvalue weighted by atomic mass is 9.33. The number of hydrogen-bond acceptors (Lipinski definition) is 15. The smallest absolute Gasteiger partial charge is 0.341 e. The van der Waals surface area contributed by atoms with E-state index >= 15 is 0 Å². The van der Waals surface area contributed by atoms with E-state index in [-0.39, 0.29) is 25.7 Å². The van der Waals surface area contributed by atoms with Crippen molar-refractivity contribution >= 4 is 29.8 Å². The van der Waals surface area contributed by atoms with Gasteiger partial charge in [0.1, 0.15) is 22.9 Å². The van der Waals surface area contributed by atoms with Gasteiger partial charge < -0.3 is 47.0 Å². The van der Waals surface area contributed by atoms with E-state index in [2.05, 4.69) is 0 Å². The van der Waals surface area contributed by atoms with E-state index in [1.54, 1.807) is 26.8 Å². The third kappa shape index (κ3) is 3.60. The molecule has 0 radical (unpaired) electrons. The van der Waals surface area contributed by atoms with Crippen LogP contribution in [0.2, 0.25) is 0 Å². The number of methoxy groups -OCH3 is 1. The first-order valence-corrected chi connectivity index (χ1v) is 18.3. The highest BCUT2D eigenvalue weighted by atomic mass is 16.9. The van der Waals surface area contributed by atoms with Gasteiger partial charge in [-0.2, -0.15) is 0 Å². The molecule has 5 heterocycles. The van der Waals surface area contributed by atoms with E-state index in [4.69, 9.17) is 47.0 Å². The summed E-state index contributed by atoms with van der Waals surface area (Å²) in [6.45, 7) is 13.2. The molecule has 288 valence electrons. The Labute approximate surface area is 305 Å². The second-order valence-electron chi connectivity index (χ2n) is 17.6. The lowest BCUT2D eigenvalue weighted by Crippen LogP contribution is -2.94. The molecule has 15 nitrogen and oxygen atoms in total. The van der Waals surface area contributed by atoms with Gasteiger partial charge >= 0.3 is 29.8 Å². The lowest BCUT2D eigenvalue weighted by Gasteiger charge is -2.77. The molecule has 15 heteroatoms. The van der Waals surface area contributed by atoms with Crippen LogP contribution in [0.25, 0.3) is 0 Å². The van der Waals surface area contributed by atoms with Crippen molar-refractivity contribution in [2.45, 2.75) is 146 Å². The zero-order valence-corrected chi connectivity index (χ0v) is 31.4. The van der Waals surface area contributed by atoms with Gasteiger partial charge in [0.2, 0.25) is 5.60 Å². The van der Waals surface area contributed by atoms with Crippen molar-refractivity contribution in [2.24, 2.45) is 28.1 Å². The fourth-order valence-electron chi connectivity index (χ4n) is 13.4. The van der Waals surface area contributed by atoms with Gasteiger partial charge in [-0.05, 0) is 45.1 Å². The zero-order chi connectivity index (χ0) is 38.2. The number of carbonyl (C=O) groups is 5. The van der Waals surface area contributed by atoms with Crippen molar-refractivity contribution in [1.29, 1.82) is 0 Å². The molecule has 1 unspecified atom stereocenters. The number of hydrogen-bond donors (Lipinski definition) is 0. The highest BCUT2D eigenvalue weighted by Gasteiger charge is 3.05. The molecule has 15 atom stereocenters. The quantitative estimate of drug-likeness (QED) is 0.224. The topological polar surface area (TPSA) is 185 Å². The largest absolute Gasteiger partial charge is 0.472 e. The summed E-state index contributed by atoms with van der Waals surface area (Å²) < 4.78 is 63.9. The Bertz CT molecular complexity index is 1860. The van der Waals surface area contributed by atoms with Crippen LogP contribution in [-0.4, -0.2) is 89.2 Å². The van der Waals surface area contributed by atoms with Crippen LogP contribution < -0.4 is 0 Å². The molecule has 0 amide bonds. The predicted octanol–water partition coefficient (Wildman–Crippen LogP) is 3.60. The van der Waals surface area contributed by atoms with E-state index in [1.165, 1.54) is 33.5 Å². The number of carbonyl (C=O) groups excluding carboxylic acids is 5. The fraction of sp³-hybridized carbons (Fsp3) is 0.763. The predicted molar refractivity (Wildman–Crippen MR) is 173 cm³/mol. The number of esters is 5. The molecule has 4 bridgehead atoms. The summed E-state index contributed by atoms with van der Waals surface area (Å²) in [4.78, 5) is 69.0. The zero-order valence-electron chi connectivity index (χ0n) is 31.4. The number of furan rings is 1. The van der Waals surface area contributed by atoms with Crippen LogP contribution in [0.1, 0.15) is 99.2 Å². The molecule has 8 aliphatic rings. The van der Waals surface area contributed by atoms with Crippen LogP contribution in [0.4, 0.5) is 0 Å². The van der Waals surface area contributed by atoms with Crippen molar-refractivity contribution in [2.75, 3.05) is 7.11 Å². The molecule has 2 spiro atoms. The van der Waals surface area contributed by atoms with Crippen molar-refractivity contribution in [1.82, 2.24) is 0 Å². The maximum Gasteiger partial charge on any atom is 0.341 e. The monoisotopic (exact) mass is 742 g/mol. The normalized spacial score (nSPS) is 53.3. The van der Waals surface area contributed by atoms with Gasteiger partial charge in [0, 0.05) is 54.9 Å². The lowest BCUT2D eigenvalue weighted by molar-refractivity contribution is -0.477. The Kier molecular flexibility index (Phi) is 6.64. The van der Waals surface area contributed by atoms with Crippen molar-refractivity contribution in [3.8, 4) is 0 Å². The van der Waals surface area contributed by atoms with Crippen LogP contribution in [-0.2, 0) is 66.6 Å². The van der Waals surface area contributed by atoms with E-state index in [0.29, 0.717) is 12.0 Å². The number of epoxide rings is 1. The molecular formula is C38H46O15. The molecule has 0 aromatic carbocycles. The first kappa shape index (κ1) is 35.2. The fourth-order valence-corrected chi connectivity index (χ4v) is 13.4. The van der Waals surface area contributed by atoms with Crippen molar-refractivity contribution in [3.63, 3.8) is 0 Å². The van der Waals surface area contributed by atoms with E-state index in [0.717, 1.165) is 0 Å². The molecule has 4 saturated heterocycles. The summed E-state index contributed by atoms with van der Waals surface area (Å²) in [5, 5.41) is 0. The third-order valence-electron chi connectivity index (χ3n) is 15.3. The van der Waals surface area contributed by atoms with E-state index < -0.39 is 116 Å². The van der Waals surface area contributed by atoms with Gasteiger partial charge in [0.25, 0.3) is 5.97 Å². The molecule has 4 saturated carbocycles. The Hall–Kier alpha value is -3.53. The van der Waals surface area contributed by atoms with Crippen LogP contribution in [0.15, 0.2) is 23.0 Å². The highest BCUT2D eigenvalue weighted by molar-refractivity contribution is 5.83. The van der Waals surface area contributed by atoms with Gasteiger partial charge in [-0.15, -0.1) is 0 Å². The van der Waals surface area contributed by atoms with Crippen LogP contribution in [0.5, 0.6) is 0 Å². The second-order valence-corrected chi connectivity index (χ2v) is 17.6. The van der Waals surface area contributed by atoms with Crippen LogP contribution >= 0.6 is 0 Å². The van der Waals surface area contributed by atoms with Gasteiger partial charge in [-0.3, -0.25) is 19.2 Å². The van der Waals surface area contributed by atoms with Crippen molar-refractivity contribution in [3.05, 3.63) is 24.2 Å². The summed E-state index contributed by atoms with van der Waals surface area (Å²) >= 11 is 0. The third-order valence-corrected chi connectivity index (χ3v) is 15.3. The Morgan fingerprint density at radius 2 is 1.60 bits per heavy atom. The summed E-state index contributed by atoms with van der Waals surface area (Å²) in [5.41, 5.74) is -11.0. The van der Waals surface area contributed by atoms with Gasteiger partial charge in [0.05, 0.1) is 32.2 Å². The summed E-state index contributed by atoms with van der Waals surface area (Å²) in [6.07, 6.45) is -0.737. The number of rotatable bonds is 7. The van der Waals surface area contributed by atoms with Crippen LogP contribution in [0, 0.1) is 28.1 Å². The minimum atomic E-state index is -2.08. The van der Waals surface area contributed by atoms with Crippen LogP contribution in [0.3, 0.4) is 0 Å². The van der Waals surface area contributed by atoms with Crippen molar-refractivity contribution < 1.29 is 71.0 Å². The SMILES string of the molecule is COC(=O)C[C@H]1[C@]2(C)C[C@@]34OC5(C)O[C@]6([C@@H]7CC(=O)O[C@@H](c8ccoc8)[C@]7(C)CC[C@]6(O5)[C@]13C)[C@H](OC(C)=O)[C@@]4(OC(C)=O)[C@H]2OC(=O)[C@@]1(C)O[C@@H]1C. The number of cyclic esters (lactones) is 1. The molecule has 1 aromatic heterocycles. The summed E-state index contributed by atoms with van der Waals surface area (Å²) in [6, 6.07) is 1.73. The minimum absolute atomic E-state index is 0.0933.